The van der Waals surface area contributed by atoms with E-state index < -0.39 is 29.8 Å². The second-order valence-electron chi connectivity index (χ2n) is 5.40. The number of carbonyl (C=O) groups excluding carboxylic acids is 1. The molecule has 7 nitrogen and oxygen atoms in total. The van der Waals surface area contributed by atoms with Crippen molar-refractivity contribution >= 4 is 40.5 Å². The number of ether oxygens (including phenoxy) is 1. The molecule has 1 aromatic rings. The molecular formula is C14H15F3IN3O4. The molecule has 1 aromatic heterocycles. The Morgan fingerprint density at radius 3 is 2.64 bits per heavy atom. The lowest BCUT2D eigenvalue weighted by Crippen LogP contribution is -2.56. The largest absolute Gasteiger partial charge is 0.465 e. The highest BCUT2D eigenvalue weighted by molar-refractivity contribution is 14.1. The van der Waals surface area contributed by atoms with Gasteiger partial charge in [0.15, 0.2) is 0 Å². The molecule has 0 aromatic carbocycles. The van der Waals surface area contributed by atoms with Crippen molar-refractivity contribution in [1.29, 1.82) is 0 Å². The van der Waals surface area contributed by atoms with Crippen LogP contribution in [0.2, 0.25) is 0 Å². The van der Waals surface area contributed by atoms with E-state index in [1.807, 2.05) is 0 Å². The van der Waals surface area contributed by atoms with Crippen molar-refractivity contribution in [1.82, 2.24) is 9.88 Å². The Morgan fingerprint density at radius 2 is 2.12 bits per heavy atom. The Labute approximate surface area is 154 Å². The minimum atomic E-state index is -4.50. The number of aromatic nitrogens is 1. The van der Waals surface area contributed by atoms with E-state index in [4.69, 9.17) is 9.84 Å². The van der Waals surface area contributed by atoms with Gasteiger partial charge in [0.05, 0.1) is 11.6 Å². The third-order valence-electron chi connectivity index (χ3n) is 3.67. The molecular weight excluding hydrogens is 458 g/mol. The molecule has 1 atom stereocenters. The van der Waals surface area contributed by atoms with E-state index in [0.29, 0.717) is 0 Å². The SMILES string of the molecule is CC(=O)OC[C@H]1CN(C(=O)O)CCN1c1cc(I)c(C(F)(F)F)cn1. The van der Waals surface area contributed by atoms with E-state index in [9.17, 15) is 22.8 Å². The standard InChI is InChI=1S/C14H15F3IN3O4/c1-8(22)25-7-9-6-20(13(23)24)2-3-21(9)12-4-11(18)10(5-19-12)14(15,16)17/h4-5,9H,2-3,6-7H2,1H3,(H,23,24)/t9-/m1/s1. The Morgan fingerprint density at radius 1 is 1.44 bits per heavy atom. The average molecular weight is 473 g/mol. The zero-order valence-corrected chi connectivity index (χ0v) is 15.2. The van der Waals surface area contributed by atoms with Crippen LogP contribution in [-0.4, -0.2) is 59.3 Å². The van der Waals surface area contributed by atoms with E-state index in [2.05, 4.69) is 4.98 Å². The molecule has 2 heterocycles. The highest BCUT2D eigenvalue weighted by Gasteiger charge is 2.35. The van der Waals surface area contributed by atoms with E-state index >= 15 is 0 Å². The molecule has 0 bridgehead atoms. The molecule has 1 N–H and O–H groups in total. The van der Waals surface area contributed by atoms with Crippen molar-refractivity contribution < 1.29 is 32.6 Å². The summed E-state index contributed by atoms with van der Waals surface area (Å²) in [5.74, 6) is -0.248. The predicted molar refractivity (Wildman–Crippen MR) is 89.3 cm³/mol. The lowest BCUT2D eigenvalue weighted by molar-refractivity contribution is -0.141. The van der Waals surface area contributed by atoms with Gasteiger partial charge in [-0.2, -0.15) is 13.2 Å². The summed E-state index contributed by atoms with van der Waals surface area (Å²) in [7, 11) is 0. The monoisotopic (exact) mass is 473 g/mol. The number of piperazine rings is 1. The Balaban J connectivity index is 2.26. The normalized spacial score (nSPS) is 18.2. The highest BCUT2D eigenvalue weighted by atomic mass is 127. The lowest BCUT2D eigenvalue weighted by atomic mass is 10.1. The van der Waals surface area contributed by atoms with Gasteiger partial charge < -0.3 is 19.6 Å². The summed E-state index contributed by atoms with van der Waals surface area (Å²) in [6, 6.07) is 0.759. The fourth-order valence-corrected chi connectivity index (χ4v) is 3.20. The minimum absolute atomic E-state index is 0.0120. The van der Waals surface area contributed by atoms with E-state index in [1.165, 1.54) is 17.9 Å². The van der Waals surface area contributed by atoms with Crippen LogP contribution in [-0.2, 0) is 15.7 Å². The number of esters is 1. The third kappa shape index (κ3) is 4.86. The summed E-state index contributed by atoms with van der Waals surface area (Å²) < 4.78 is 43.5. The van der Waals surface area contributed by atoms with Gasteiger partial charge in [0.1, 0.15) is 12.4 Å². The molecule has 0 saturated carbocycles. The molecule has 0 unspecified atom stereocenters. The van der Waals surface area contributed by atoms with Gasteiger partial charge in [0.2, 0.25) is 0 Å². The summed E-state index contributed by atoms with van der Waals surface area (Å²) >= 11 is 1.58. The van der Waals surface area contributed by atoms with Crippen LogP contribution in [0.1, 0.15) is 12.5 Å². The first-order valence-electron chi connectivity index (χ1n) is 7.20. The van der Waals surface area contributed by atoms with Gasteiger partial charge in [-0.3, -0.25) is 4.79 Å². The number of anilines is 1. The van der Waals surface area contributed by atoms with Crippen LogP contribution >= 0.6 is 22.6 Å². The summed E-state index contributed by atoms with van der Waals surface area (Å²) in [6.07, 6.45) is -4.85. The number of hydrogen-bond acceptors (Lipinski definition) is 5. The molecule has 138 valence electrons. The van der Waals surface area contributed by atoms with Gasteiger partial charge in [-0.25, -0.2) is 9.78 Å². The van der Waals surface area contributed by atoms with Crippen LogP contribution in [0.4, 0.5) is 23.8 Å². The van der Waals surface area contributed by atoms with Crippen molar-refractivity contribution in [2.75, 3.05) is 31.1 Å². The Kier molecular flexibility index (Phi) is 5.95. The zero-order valence-electron chi connectivity index (χ0n) is 13.1. The maximum absolute atomic E-state index is 12.9. The summed E-state index contributed by atoms with van der Waals surface area (Å²) in [6.45, 7) is 1.60. The van der Waals surface area contributed by atoms with Crippen molar-refractivity contribution in [3.63, 3.8) is 0 Å². The second-order valence-corrected chi connectivity index (χ2v) is 6.56. The average Bonchev–Trinajstić information content (AvgIpc) is 2.51. The number of pyridine rings is 1. The number of carboxylic acid groups (broad SMARTS) is 1. The topological polar surface area (TPSA) is 83.0 Å². The molecule has 2 rings (SSSR count). The van der Waals surface area contributed by atoms with Crippen molar-refractivity contribution in [3.05, 3.63) is 21.4 Å². The van der Waals surface area contributed by atoms with Crippen LogP contribution in [0.5, 0.6) is 0 Å². The van der Waals surface area contributed by atoms with Gasteiger partial charge in [0, 0.05) is 36.3 Å². The minimum Gasteiger partial charge on any atom is -0.465 e. The lowest BCUT2D eigenvalue weighted by Gasteiger charge is -2.40. The number of nitrogens with zero attached hydrogens (tertiary/aromatic N) is 3. The maximum atomic E-state index is 12.9. The van der Waals surface area contributed by atoms with Gasteiger partial charge in [-0.15, -0.1) is 0 Å². The predicted octanol–water partition coefficient (Wildman–Crippen LogP) is 2.44. The number of rotatable bonds is 3. The number of amides is 1. The fraction of sp³-hybridized carbons (Fsp3) is 0.500. The molecule has 1 fully saturated rings. The molecule has 25 heavy (non-hydrogen) atoms. The van der Waals surface area contributed by atoms with Crippen LogP contribution in [0.25, 0.3) is 0 Å². The summed E-state index contributed by atoms with van der Waals surface area (Å²) in [5, 5.41) is 9.12. The molecule has 1 amide bonds. The maximum Gasteiger partial charge on any atom is 0.418 e. The second kappa shape index (κ2) is 7.62. The first kappa shape index (κ1) is 19.5. The number of carbonyl (C=O) groups is 2. The van der Waals surface area contributed by atoms with Crippen molar-refractivity contribution in [2.45, 2.75) is 19.1 Å². The summed E-state index contributed by atoms with van der Waals surface area (Å²) in [4.78, 5) is 28.9. The van der Waals surface area contributed by atoms with Gasteiger partial charge in [-0.1, -0.05) is 0 Å². The van der Waals surface area contributed by atoms with E-state index in [0.717, 1.165) is 6.20 Å². The number of hydrogen-bond donors (Lipinski definition) is 1. The molecule has 1 aliphatic heterocycles. The molecule has 0 spiro atoms. The number of halogens is 4. The third-order valence-corrected chi connectivity index (χ3v) is 4.56. The highest BCUT2D eigenvalue weighted by Crippen LogP contribution is 2.34. The smallest absolute Gasteiger partial charge is 0.418 e. The first-order valence-corrected chi connectivity index (χ1v) is 8.28. The van der Waals surface area contributed by atoms with E-state index in [1.54, 1.807) is 27.5 Å². The van der Waals surface area contributed by atoms with Crippen LogP contribution in [0.15, 0.2) is 12.3 Å². The van der Waals surface area contributed by atoms with Gasteiger partial charge >= 0.3 is 18.2 Å². The number of alkyl halides is 3. The van der Waals surface area contributed by atoms with E-state index in [-0.39, 0.29) is 35.6 Å². The summed E-state index contributed by atoms with van der Waals surface area (Å²) in [5.41, 5.74) is -0.836. The quantitative estimate of drug-likeness (QED) is 0.537. The van der Waals surface area contributed by atoms with Crippen LogP contribution in [0, 0.1) is 3.57 Å². The molecule has 0 aliphatic carbocycles. The van der Waals surface area contributed by atoms with Crippen LogP contribution < -0.4 is 4.90 Å². The Hall–Kier alpha value is -1.79. The van der Waals surface area contributed by atoms with Gasteiger partial charge in [0.25, 0.3) is 0 Å². The Bertz CT molecular complexity index is 671. The van der Waals surface area contributed by atoms with Gasteiger partial charge in [-0.05, 0) is 28.7 Å². The van der Waals surface area contributed by atoms with Crippen molar-refractivity contribution in [2.24, 2.45) is 0 Å². The van der Waals surface area contributed by atoms with Crippen LogP contribution in [0.3, 0.4) is 0 Å². The van der Waals surface area contributed by atoms with Crippen molar-refractivity contribution in [3.8, 4) is 0 Å². The fourth-order valence-electron chi connectivity index (χ4n) is 2.47. The molecule has 1 saturated heterocycles. The molecule has 11 heteroatoms. The molecule has 0 radical (unpaired) electrons. The molecule has 1 aliphatic rings. The first-order chi connectivity index (χ1) is 11.6. The zero-order chi connectivity index (χ0) is 18.8.